The molecule has 0 aliphatic heterocycles. The van der Waals surface area contributed by atoms with Gasteiger partial charge in [0.25, 0.3) is 5.91 Å². The van der Waals surface area contributed by atoms with Crippen LogP contribution in [0.25, 0.3) is 0 Å². The maximum Gasteiger partial charge on any atom is 0.271 e. The van der Waals surface area contributed by atoms with E-state index in [-0.39, 0.29) is 5.91 Å². The predicted octanol–water partition coefficient (Wildman–Crippen LogP) is 1.06. The highest BCUT2D eigenvalue weighted by molar-refractivity contribution is 5.91. The Labute approximate surface area is 117 Å². The summed E-state index contributed by atoms with van der Waals surface area (Å²) < 4.78 is 0. The zero-order chi connectivity index (χ0) is 14.5. The van der Waals surface area contributed by atoms with E-state index in [4.69, 9.17) is 5.73 Å². The summed E-state index contributed by atoms with van der Waals surface area (Å²) in [5.74, 6) is 0.406. The number of nitrogens with one attached hydrogen (secondary N) is 1. The van der Waals surface area contributed by atoms with Crippen molar-refractivity contribution in [3.8, 4) is 0 Å². The van der Waals surface area contributed by atoms with Crippen molar-refractivity contribution in [2.24, 2.45) is 5.73 Å². The fraction of sp³-hybridized carbons (Fsp3) is 0.214. The van der Waals surface area contributed by atoms with Crippen LogP contribution in [-0.4, -0.2) is 30.2 Å². The summed E-state index contributed by atoms with van der Waals surface area (Å²) in [7, 11) is 3.45. The molecule has 0 radical (unpaired) electrons. The van der Waals surface area contributed by atoms with Crippen LogP contribution in [0.2, 0.25) is 0 Å². The number of carbonyl (C=O) groups is 1. The van der Waals surface area contributed by atoms with Gasteiger partial charge in [0.15, 0.2) is 11.5 Å². The highest BCUT2D eigenvalue weighted by atomic mass is 16.1. The van der Waals surface area contributed by atoms with E-state index in [1.54, 1.807) is 19.2 Å². The monoisotopic (exact) mass is 271 g/mol. The van der Waals surface area contributed by atoms with Crippen LogP contribution in [0.1, 0.15) is 16.1 Å². The number of anilines is 2. The smallest absolute Gasteiger partial charge is 0.271 e. The van der Waals surface area contributed by atoms with Gasteiger partial charge in [-0.1, -0.05) is 12.1 Å². The first-order chi connectivity index (χ1) is 9.65. The topological polar surface area (TPSA) is 84.1 Å². The zero-order valence-electron chi connectivity index (χ0n) is 11.5. The maximum atomic E-state index is 11.4. The lowest BCUT2D eigenvalue weighted by atomic mass is 10.2. The normalized spacial score (nSPS) is 10.2. The van der Waals surface area contributed by atoms with Gasteiger partial charge in [0, 0.05) is 26.3 Å². The van der Waals surface area contributed by atoms with E-state index in [9.17, 15) is 4.79 Å². The van der Waals surface area contributed by atoms with E-state index in [0.717, 1.165) is 11.3 Å². The van der Waals surface area contributed by atoms with Gasteiger partial charge in [-0.05, 0) is 29.8 Å². The van der Waals surface area contributed by atoms with Crippen LogP contribution >= 0.6 is 0 Å². The second-order valence-corrected chi connectivity index (χ2v) is 4.29. The van der Waals surface area contributed by atoms with E-state index < -0.39 is 0 Å². The van der Waals surface area contributed by atoms with Crippen molar-refractivity contribution in [3.63, 3.8) is 0 Å². The maximum absolute atomic E-state index is 11.4. The third kappa shape index (κ3) is 2.92. The first-order valence-electron chi connectivity index (χ1n) is 6.24. The Kier molecular flexibility index (Phi) is 4.27. The molecule has 3 N–H and O–H groups in total. The molecular formula is C14H17N5O. The second kappa shape index (κ2) is 6.12. The summed E-state index contributed by atoms with van der Waals surface area (Å²) in [6.07, 6.45) is 0. The molecule has 1 amide bonds. The molecular weight excluding hydrogens is 254 g/mol. The van der Waals surface area contributed by atoms with Crippen molar-refractivity contribution in [2.75, 3.05) is 19.0 Å². The van der Waals surface area contributed by atoms with Gasteiger partial charge in [-0.15, -0.1) is 10.2 Å². The third-order valence-electron chi connectivity index (χ3n) is 2.99. The second-order valence-electron chi connectivity index (χ2n) is 4.29. The van der Waals surface area contributed by atoms with Crippen LogP contribution in [0.5, 0.6) is 0 Å². The number of nitrogens with zero attached hydrogens (tertiary/aromatic N) is 3. The lowest BCUT2D eigenvalue weighted by Gasteiger charge is -2.18. The minimum Gasteiger partial charge on any atom is -0.354 e. The van der Waals surface area contributed by atoms with Crippen molar-refractivity contribution in [3.05, 3.63) is 47.7 Å². The molecule has 0 unspecified atom stereocenters. The highest BCUT2D eigenvalue weighted by Gasteiger charge is 2.09. The number of rotatable bonds is 4. The molecule has 0 fully saturated rings. The van der Waals surface area contributed by atoms with Crippen LogP contribution in [0.3, 0.4) is 0 Å². The molecule has 1 aromatic heterocycles. The van der Waals surface area contributed by atoms with Crippen molar-refractivity contribution in [2.45, 2.75) is 6.54 Å². The summed E-state index contributed by atoms with van der Waals surface area (Å²) in [6, 6.07) is 11.3. The van der Waals surface area contributed by atoms with Crippen LogP contribution < -0.4 is 16.0 Å². The number of carbonyl (C=O) groups excluding carboxylic acids is 1. The van der Waals surface area contributed by atoms with Crippen LogP contribution in [0.4, 0.5) is 11.5 Å². The van der Waals surface area contributed by atoms with E-state index in [0.29, 0.717) is 18.1 Å². The van der Waals surface area contributed by atoms with Gasteiger partial charge >= 0.3 is 0 Å². The quantitative estimate of drug-likeness (QED) is 0.868. The number of aromatic nitrogens is 2. The molecule has 1 heterocycles. The summed E-state index contributed by atoms with van der Waals surface area (Å²) in [5.41, 5.74) is 7.94. The molecule has 0 atom stereocenters. The molecule has 6 heteroatoms. The van der Waals surface area contributed by atoms with Gasteiger partial charge in [0.2, 0.25) is 0 Å². The molecule has 0 aliphatic rings. The molecule has 104 valence electrons. The molecule has 0 saturated carbocycles. The van der Waals surface area contributed by atoms with Gasteiger partial charge in [-0.2, -0.15) is 0 Å². The average molecular weight is 271 g/mol. The van der Waals surface area contributed by atoms with E-state index in [1.165, 1.54) is 0 Å². The summed E-state index contributed by atoms with van der Waals surface area (Å²) in [5, 5.41) is 10.5. The summed E-state index contributed by atoms with van der Waals surface area (Å²) >= 11 is 0. The molecule has 20 heavy (non-hydrogen) atoms. The first kappa shape index (κ1) is 14.0. The molecule has 0 spiro atoms. The Bertz CT molecular complexity index is 597. The van der Waals surface area contributed by atoms with E-state index >= 15 is 0 Å². The number of hydrogen-bond acceptors (Lipinski definition) is 5. The Morgan fingerprint density at radius 3 is 2.70 bits per heavy atom. The predicted molar refractivity (Wildman–Crippen MR) is 77.8 cm³/mol. The average Bonchev–Trinajstić information content (AvgIpc) is 2.53. The molecule has 6 nitrogen and oxygen atoms in total. The number of amides is 1. The Morgan fingerprint density at radius 2 is 2.10 bits per heavy atom. The molecule has 2 aromatic rings. The third-order valence-corrected chi connectivity index (χ3v) is 2.99. The van der Waals surface area contributed by atoms with Gasteiger partial charge in [0.1, 0.15) is 0 Å². The van der Waals surface area contributed by atoms with Crippen molar-refractivity contribution in [1.29, 1.82) is 0 Å². The van der Waals surface area contributed by atoms with Crippen LogP contribution in [0.15, 0.2) is 36.4 Å². The van der Waals surface area contributed by atoms with Crippen molar-refractivity contribution >= 4 is 17.4 Å². The summed E-state index contributed by atoms with van der Waals surface area (Å²) in [4.78, 5) is 13.3. The number of hydrogen-bond donors (Lipinski definition) is 2. The van der Waals surface area contributed by atoms with Crippen LogP contribution in [0, 0.1) is 0 Å². The van der Waals surface area contributed by atoms with E-state index in [2.05, 4.69) is 15.5 Å². The fourth-order valence-corrected chi connectivity index (χ4v) is 1.78. The molecule has 0 bridgehead atoms. The van der Waals surface area contributed by atoms with Crippen LogP contribution in [-0.2, 0) is 6.54 Å². The summed E-state index contributed by atoms with van der Waals surface area (Å²) in [6.45, 7) is 0.489. The van der Waals surface area contributed by atoms with E-state index in [1.807, 2.05) is 36.2 Å². The fourth-order valence-electron chi connectivity index (χ4n) is 1.78. The standard InChI is InChI=1S/C14H17N5O/c1-16-14(20)12-6-7-13(18-17-12)19(2)11-5-3-4-10(8-11)9-15/h3-8H,9,15H2,1-2H3,(H,16,20). The zero-order valence-corrected chi connectivity index (χ0v) is 11.5. The van der Waals surface area contributed by atoms with Gasteiger partial charge in [-0.25, -0.2) is 0 Å². The molecule has 1 aromatic carbocycles. The lowest BCUT2D eigenvalue weighted by Crippen LogP contribution is -2.20. The Morgan fingerprint density at radius 1 is 1.30 bits per heavy atom. The number of benzene rings is 1. The first-order valence-corrected chi connectivity index (χ1v) is 6.24. The molecule has 0 aliphatic carbocycles. The SMILES string of the molecule is CNC(=O)c1ccc(N(C)c2cccc(CN)c2)nn1. The van der Waals surface area contributed by atoms with Gasteiger partial charge in [0.05, 0.1) is 0 Å². The van der Waals surface area contributed by atoms with Crippen molar-refractivity contribution < 1.29 is 4.79 Å². The molecule has 2 rings (SSSR count). The largest absolute Gasteiger partial charge is 0.354 e. The Hall–Kier alpha value is -2.47. The van der Waals surface area contributed by atoms with Crippen molar-refractivity contribution in [1.82, 2.24) is 15.5 Å². The minimum absolute atomic E-state index is 0.253. The Balaban J connectivity index is 2.24. The highest BCUT2D eigenvalue weighted by Crippen LogP contribution is 2.21. The van der Waals surface area contributed by atoms with Gasteiger partial charge in [-0.3, -0.25) is 4.79 Å². The lowest BCUT2D eigenvalue weighted by molar-refractivity contribution is 0.0957. The molecule has 0 saturated heterocycles. The minimum atomic E-state index is -0.253. The number of nitrogens with two attached hydrogens (primary N) is 1. The van der Waals surface area contributed by atoms with Gasteiger partial charge < -0.3 is 16.0 Å².